The van der Waals surface area contributed by atoms with Crippen LogP contribution in [0.3, 0.4) is 0 Å². The molecule has 23 heavy (non-hydrogen) atoms. The lowest BCUT2D eigenvalue weighted by atomic mass is 9.87. The van der Waals surface area contributed by atoms with E-state index in [-0.39, 0.29) is 18.5 Å². The second kappa shape index (κ2) is 8.14. The van der Waals surface area contributed by atoms with Gasteiger partial charge < -0.3 is 9.47 Å². The highest BCUT2D eigenvalue weighted by Gasteiger charge is 2.29. The summed E-state index contributed by atoms with van der Waals surface area (Å²) in [5, 5.41) is 0. The van der Waals surface area contributed by atoms with Crippen molar-refractivity contribution in [3.63, 3.8) is 0 Å². The Morgan fingerprint density at radius 1 is 1.00 bits per heavy atom. The second-order valence-corrected chi connectivity index (χ2v) is 7.39. The van der Waals surface area contributed by atoms with E-state index in [1.165, 1.54) is 0 Å². The Balaban J connectivity index is 2.36. The summed E-state index contributed by atoms with van der Waals surface area (Å²) in [5.74, 6) is -0.475. The lowest BCUT2D eigenvalue weighted by molar-refractivity contribution is -0.158. The molecule has 0 aliphatic heterocycles. The molecule has 0 unspecified atom stereocenters. The van der Waals surface area contributed by atoms with Crippen LogP contribution in [0.25, 0.3) is 0 Å². The first-order valence-corrected chi connectivity index (χ1v) is 8.03. The average molecular weight is 320 g/mol. The van der Waals surface area contributed by atoms with Crippen molar-refractivity contribution >= 4 is 11.9 Å². The van der Waals surface area contributed by atoms with Crippen molar-refractivity contribution in [3.05, 3.63) is 35.9 Å². The molecule has 128 valence electrons. The molecular weight excluding hydrogens is 292 g/mol. The van der Waals surface area contributed by atoms with Crippen molar-refractivity contribution in [3.8, 4) is 0 Å². The number of carbonyl (C=O) groups excluding carboxylic acids is 2. The Bertz CT molecular complexity index is 512. The fourth-order valence-electron chi connectivity index (χ4n) is 2.09. The van der Waals surface area contributed by atoms with Gasteiger partial charge in [0.15, 0.2) is 0 Å². The molecule has 4 nitrogen and oxygen atoms in total. The quantitative estimate of drug-likeness (QED) is 0.704. The molecule has 4 heteroatoms. The molecule has 1 aromatic carbocycles. The minimum atomic E-state index is -0.614. The maximum atomic E-state index is 12.2. The van der Waals surface area contributed by atoms with Crippen LogP contribution < -0.4 is 0 Å². The van der Waals surface area contributed by atoms with Gasteiger partial charge in [-0.1, -0.05) is 30.3 Å². The molecule has 0 spiro atoms. The van der Waals surface area contributed by atoms with Gasteiger partial charge >= 0.3 is 11.9 Å². The van der Waals surface area contributed by atoms with Gasteiger partial charge in [-0.05, 0) is 53.0 Å². The van der Waals surface area contributed by atoms with Crippen molar-refractivity contribution in [2.75, 3.05) is 0 Å². The number of esters is 2. The van der Waals surface area contributed by atoms with Crippen LogP contribution in [-0.2, 0) is 25.7 Å². The fraction of sp³-hybridized carbons (Fsp3) is 0.579. The largest absolute Gasteiger partial charge is 0.460 e. The van der Waals surface area contributed by atoms with E-state index in [9.17, 15) is 9.59 Å². The summed E-state index contributed by atoms with van der Waals surface area (Å²) in [6, 6.07) is 9.59. The summed E-state index contributed by atoms with van der Waals surface area (Å²) in [6.45, 7) is 9.49. The van der Waals surface area contributed by atoms with Gasteiger partial charge in [-0.2, -0.15) is 0 Å². The molecule has 0 aliphatic carbocycles. The molecular formula is C19H28O4. The summed E-state index contributed by atoms with van der Waals surface area (Å²) in [6.07, 6.45) is 1.49. The van der Waals surface area contributed by atoms with E-state index < -0.39 is 11.0 Å². The monoisotopic (exact) mass is 320 g/mol. The summed E-state index contributed by atoms with van der Waals surface area (Å²) in [5.41, 5.74) is -0.122. The van der Waals surface area contributed by atoms with Gasteiger partial charge in [0.25, 0.3) is 0 Å². The van der Waals surface area contributed by atoms with Gasteiger partial charge in [-0.3, -0.25) is 9.59 Å². The number of rotatable bonds is 7. The van der Waals surface area contributed by atoms with Crippen LogP contribution in [0, 0.1) is 5.41 Å². The normalized spacial score (nSPS) is 11.9. The second-order valence-electron chi connectivity index (χ2n) is 7.39. The Morgan fingerprint density at radius 2 is 1.61 bits per heavy atom. The third-order valence-electron chi connectivity index (χ3n) is 3.37. The van der Waals surface area contributed by atoms with Gasteiger partial charge in [0.1, 0.15) is 12.2 Å². The van der Waals surface area contributed by atoms with E-state index in [2.05, 4.69) is 0 Å². The molecule has 1 rings (SSSR count). The first-order chi connectivity index (χ1) is 10.6. The molecule has 0 amide bonds. The summed E-state index contributed by atoms with van der Waals surface area (Å²) >= 11 is 0. The minimum Gasteiger partial charge on any atom is -0.460 e. The van der Waals surface area contributed by atoms with E-state index in [4.69, 9.17) is 9.47 Å². The van der Waals surface area contributed by atoms with Crippen LogP contribution in [0.2, 0.25) is 0 Å². The van der Waals surface area contributed by atoms with Crippen molar-refractivity contribution < 1.29 is 19.1 Å². The highest BCUT2D eigenvalue weighted by Crippen LogP contribution is 2.26. The topological polar surface area (TPSA) is 52.6 Å². The third-order valence-corrected chi connectivity index (χ3v) is 3.37. The SMILES string of the molecule is CC(C)(C)OC(=O)CCCC(C)(C)C(=O)OCc1ccccc1. The van der Waals surface area contributed by atoms with E-state index in [0.29, 0.717) is 19.3 Å². The molecule has 0 saturated heterocycles. The number of benzene rings is 1. The number of carbonyl (C=O) groups is 2. The highest BCUT2D eigenvalue weighted by molar-refractivity contribution is 5.76. The molecule has 0 atom stereocenters. The maximum absolute atomic E-state index is 12.2. The Kier molecular flexibility index (Phi) is 6.79. The molecule has 1 aromatic rings. The Morgan fingerprint density at radius 3 is 2.17 bits per heavy atom. The number of hydrogen-bond acceptors (Lipinski definition) is 4. The van der Waals surface area contributed by atoms with Crippen LogP contribution >= 0.6 is 0 Å². The van der Waals surface area contributed by atoms with Gasteiger partial charge in [-0.25, -0.2) is 0 Å². The lowest BCUT2D eigenvalue weighted by Crippen LogP contribution is -2.27. The minimum absolute atomic E-state index is 0.231. The number of ether oxygens (including phenoxy) is 2. The molecule has 0 aromatic heterocycles. The van der Waals surface area contributed by atoms with E-state index >= 15 is 0 Å². The fourth-order valence-corrected chi connectivity index (χ4v) is 2.09. The first kappa shape index (κ1) is 19.2. The molecule has 0 radical (unpaired) electrons. The summed E-state index contributed by atoms with van der Waals surface area (Å²) in [7, 11) is 0. The van der Waals surface area contributed by atoms with Crippen LogP contribution in [0.1, 0.15) is 59.4 Å². The van der Waals surface area contributed by atoms with Crippen LogP contribution in [0.5, 0.6) is 0 Å². The highest BCUT2D eigenvalue weighted by atomic mass is 16.6. The lowest BCUT2D eigenvalue weighted by Gasteiger charge is -2.23. The van der Waals surface area contributed by atoms with Crippen LogP contribution in [0.15, 0.2) is 30.3 Å². The molecule has 0 fully saturated rings. The van der Waals surface area contributed by atoms with Gasteiger partial charge in [0.05, 0.1) is 5.41 Å². The van der Waals surface area contributed by atoms with Crippen molar-refractivity contribution in [1.29, 1.82) is 0 Å². The van der Waals surface area contributed by atoms with Gasteiger partial charge in [0.2, 0.25) is 0 Å². The Hall–Kier alpha value is -1.84. The summed E-state index contributed by atoms with van der Waals surface area (Å²) < 4.78 is 10.6. The van der Waals surface area contributed by atoms with Crippen molar-refractivity contribution in [2.45, 2.75) is 66.1 Å². The molecule has 0 saturated carbocycles. The first-order valence-electron chi connectivity index (χ1n) is 8.03. The van der Waals surface area contributed by atoms with Crippen molar-refractivity contribution in [2.24, 2.45) is 5.41 Å². The zero-order chi connectivity index (χ0) is 17.5. The number of hydrogen-bond donors (Lipinski definition) is 0. The maximum Gasteiger partial charge on any atom is 0.311 e. The van der Waals surface area contributed by atoms with Crippen molar-refractivity contribution in [1.82, 2.24) is 0 Å². The van der Waals surface area contributed by atoms with Gasteiger partial charge in [0, 0.05) is 6.42 Å². The zero-order valence-corrected chi connectivity index (χ0v) is 14.8. The smallest absolute Gasteiger partial charge is 0.311 e. The van der Waals surface area contributed by atoms with Crippen LogP contribution in [0.4, 0.5) is 0 Å². The third kappa shape index (κ3) is 7.82. The molecule has 0 heterocycles. The molecule has 0 aliphatic rings. The van der Waals surface area contributed by atoms with Crippen LogP contribution in [-0.4, -0.2) is 17.5 Å². The van der Waals surface area contributed by atoms with E-state index in [0.717, 1.165) is 5.56 Å². The van der Waals surface area contributed by atoms with E-state index in [1.54, 1.807) is 0 Å². The average Bonchev–Trinajstić information content (AvgIpc) is 2.43. The predicted molar refractivity (Wildman–Crippen MR) is 89.7 cm³/mol. The van der Waals surface area contributed by atoms with E-state index in [1.807, 2.05) is 65.0 Å². The molecule has 0 N–H and O–H groups in total. The van der Waals surface area contributed by atoms with Gasteiger partial charge in [-0.15, -0.1) is 0 Å². The Labute approximate surface area is 139 Å². The molecule has 0 bridgehead atoms. The standard InChI is InChI=1S/C19H28O4/c1-18(2,3)23-16(20)12-9-13-19(4,5)17(21)22-14-15-10-7-6-8-11-15/h6-8,10-11H,9,12-14H2,1-5H3. The predicted octanol–water partition coefficient (Wildman–Crippen LogP) is 4.27. The summed E-state index contributed by atoms with van der Waals surface area (Å²) in [4.78, 5) is 23.9. The zero-order valence-electron chi connectivity index (χ0n) is 14.8.